The van der Waals surface area contributed by atoms with E-state index in [1.807, 2.05) is 30.3 Å². The number of pyridine rings is 1. The quantitative estimate of drug-likeness (QED) is 0.867. The molecule has 1 aromatic heterocycles. The van der Waals surface area contributed by atoms with Crippen LogP contribution in [-0.4, -0.2) is 29.9 Å². The summed E-state index contributed by atoms with van der Waals surface area (Å²) in [5.41, 5.74) is 0.747. The third kappa shape index (κ3) is 4.02. The van der Waals surface area contributed by atoms with Crippen LogP contribution >= 0.6 is 0 Å². The highest BCUT2D eigenvalue weighted by Crippen LogP contribution is 2.36. The van der Waals surface area contributed by atoms with E-state index in [-0.39, 0.29) is 18.4 Å². The largest absolute Gasteiger partial charge is 0.472 e. The summed E-state index contributed by atoms with van der Waals surface area (Å²) in [5, 5.41) is 2.87. The number of amides is 2. The first-order chi connectivity index (χ1) is 12.6. The van der Waals surface area contributed by atoms with Crippen LogP contribution < -0.4 is 15.0 Å². The Morgan fingerprint density at radius 3 is 2.73 bits per heavy atom. The maximum atomic E-state index is 13.0. The predicted molar refractivity (Wildman–Crippen MR) is 98.9 cm³/mol. The SMILES string of the molecule is CC(C)CCNC(=O)CN1C(=O)C(c2ccccc2)Oc2cccnc21. The standard InChI is InChI=1S/C20H23N3O3/c1-14(2)10-12-21-17(24)13-23-19-16(9-6-11-22-19)26-18(20(23)25)15-7-4-3-5-8-15/h3-9,11,14,18H,10,12-13H2,1-2H3,(H,21,24). The van der Waals surface area contributed by atoms with Crippen LogP contribution in [-0.2, 0) is 9.59 Å². The summed E-state index contributed by atoms with van der Waals surface area (Å²) in [4.78, 5) is 30.9. The van der Waals surface area contributed by atoms with Crippen LogP contribution in [0.1, 0.15) is 31.9 Å². The average molecular weight is 353 g/mol. The second-order valence-corrected chi connectivity index (χ2v) is 6.69. The third-order valence-electron chi connectivity index (χ3n) is 4.19. The van der Waals surface area contributed by atoms with Crippen LogP contribution in [0.25, 0.3) is 0 Å². The lowest BCUT2D eigenvalue weighted by Gasteiger charge is -2.33. The number of hydrogen-bond donors (Lipinski definition) is 1. The first kappa shape index (κ1) is 17.9. The molecule has 0 saturated carbocycles. The zero-order valence-corrected chi connectivity index (χ0v) is 15.0. The van der Waals surface area contributed by atoms with Gasteiger partial charge in [0.25, 0.3) is 5.91 Å². The summed E-state index contributed by atoms with van der Waals surface area (Å²) >= 11 is 0. The van der Waals surface area contributed by atoms with Gasteiger partial charge in [-0.1, -0.05) is 44.2 Å². The Balaban J connectivity index is 1.80. The van der Waals surface area contributed by atoms with Crippen molar-refractivity contribution in [1.82, 2.24) is 10.3 Å². The number of carbonyl (C=O) groups is 2. The minimum absolute atomic E-state index is 0.0758. The Bertz CT molecular complexity index is 777. The number of nitrogens with zero attached hydrogens (tertiary/aromatic N) is 2. The normalized spacial score (nSPS) is 16.2. The van der Waals surface area contributed by atoms with E-state index in [1.165, 1.54) is 4.90 Å². The fraction of sp³-hybridized carbons (Fsp3) is 0.350. The zero-order valence-electron chi connectivity index (χ0n) is 15.0. The van der Waals surface area contributed by atoms with Gasteiger partial charge in [0.2, 0.25) is 12.0 Å². The van der Waals surface area contributed by atoms with Crippen molar-refractivity contribution >= 4 is 17.6 Å². The molecule has 0 saturated heterocycles. The number of carbonyl (C=O) groups excluding carboxylic acids is 2. The fourth-order valence-corrected chi connectivity index (χ4v) is 2.79. The van der Waals surface area contributed by atoms with Crippen molar-refractivity contribution in [2.45, 2.75) is 26.4 Å². The highest BCUT2D eigenvalue weighted by atomic mass is 16.5. The molecule has 1 aliphatic rings. The third-order valence-corrected chi connectivity index (χ3v) is 4.19. The smallest absolute Gasteiger partial charge is 0.274 e. The zero-order chi connectivity index (χ0) is 18.5. The molecular formula is C20H23N3O3. The van der Waals surface area contributed by atoms with Crippen molar-refractivity contribution in [3.05, 3.63) is 54.2 Å². The number of ether oxygens (including phenoxy) is 1. The molecule has 6 heteroatoms. The van der Waals surface area contributed by atoms with Crippen molar-refractivity contribution in [3.8, 4) is 5.75 Å². The first-order valence-electron chi connectivity index (χ1n) is 8.81. The summed E-state index contributed by atoms with van der Waals surface area (Å²) in [6.07, 6.45) is 1.70. The lowest BCUT2D eigenvalue weighted by Crippen LogP contribution is -2.47. The number of rotatable bonds is 6. The van der Waals surface area contributed by atoms with Gasteiger partial charge < -0.3 is 10.1 Å². The maximum absolute atomic E-state index is 13.0. The number of hydrogen-bond acceptors (Lipinski definition) is 4. The molecule has 1 aliphatic heterocycles. The van der Waals surface area contributed by atoms with Crippen LogP contribution in [0, 0.1) is 5.92 Å². The van der Waals surface area contributed by atoms with Gasteiger partial charge in [0.05, 0.1) is 0 Å². The van der Waals surface area contributed by atoms with E-state index in [9.17, 15) is 9.59 Å². The van der Waals surface area contributed by atoms with Crippen molar-refractivity contribution in [1.29, 1.82) is 0 Å². The molecule has 3 rings (SSSR count). The second kappa shape index (κ2) is 7.99. The Labute approximate surface area is 153 Å². The van der Waals surface area contributed by atoms with Gasteiger partial charge in [-0.25, -0.2) is 4.98 Å². The molecule has 1 atom stereocenters. The number of fused-ring (bicyclic) bond motifs is 1. The molecule has 0 spiro atoms. The molecule has 1 unspecified atom stereocenters. The van der Waals surface area contributed by atoms with Gasteiger partial charge in [0.1, 0.15) is 6.54 Å². The van der Waals surface area contributed by atoms with Crippen LogP contribution in [0.5, 0.6) is 5.75 Å². The highest BCUT2D eigenvalue weighted by molar-refractivity contribution is 6.03. The van der Waals surface area contributed by atoms with Gasteiger partial charge in [-0.05, 0) is 24.5 Å². The van der Waals surface area contributed by atoms with Crippen molar-refractivity contribution in [3.63, 3.8) is 0 Å². The highest BCUT2D eigenvalue weighted by Gasteiger charge is 2.37. The lowest BCUT2D eigenvalue weighted by molar-refractivity contribution is -0.129. The predicted octanol–water partition coefficient (Wildman–Crippen LogP) is 2.71. The molecule has 6 nitrogen and oxygen atoms in total. The van der Waals surface area contributed by atoms with E-state index < -0.39 is 6.10 Å². The van der Waals surface area contributed by atoms with E-state index in [2.05, 4.69) is 24.1 Å². The summed E-state index contributed by atoms with van der Waals surface area (Å²) in [6, 6.07) is 12.8. The number of benzene rings is 1. The monoisotopic (exact) mass is 353 g/mol. The number of anilines is 1. The number of aromatic nitrogens is 1. The van der Waals surface area contributed by atoms with Crippen LogP contribution in [0.4, 0.5) is 5.82 Å². The molecule has 2 amide bonds. The molecular weight excluding hydrogens is 330 g/mol. The van der Waals surface area contributed by atoms with Crippen LogP contribution in [0.3, 0.4) is 0 Å². The summed E-state index contributed by atoms with van der Waals surface area (Å²) < 4.78 is 5.87. The molecule has 1 aromatic carbocycles. The molecule has 2 heterocycles. The maximum Gasteiger partial charge on any atom is 0.274 e. The minimum atomic E-state index is -0.781. The second-order valence-electron chi connectivity index (χ2n) is 6.69. The van der Waals surface area contributed by atoms with Crippen LogP contribution in [0.2, 0.25) is 0 Å². The van der Waals surface area contributed by atoms with Crippen molar-refractivity contribution < 1.29 is 14.3 Å². The number of nitrogens with one attached hydrogen (secondary N) is 1. The van der Waals surface area contributed by atoms with Gasteiger partial charge in [0, 0.05) is 18.3 Å². The molecule has 0 fully saturated rings. The van der Waals surface area contributed by atoms with Crippen LogP contribution in [0.15, 0.2) is 48.7 Å². The van der Waals surface area contributed by atoms with Gasteiger partial charge in [-0.3, -0.25) is 14.5 Å². The van der Waals surface area contributed by atoms with Gasteiger partial charge >= 0.3 is 0 Å². The lowest BCUT2D eigenvalue weighted by atomic mass is 10.1. The Hall–Kier alpha value is -2.89. The van der Waals surface area contributed by atoms with E-state index in [0.29, 0.717) is 24.0 Å². The van der Waals surface area contributed by atoms with Crippen molar-refractivity contribution in [2.24, 2.45) is 5.92 Å². The fourth-order valence-electron chi connectivity index (χ4n) is 2.79. The minimum Gasteiger partial charge on any atom is -0.472 e. The topological polar surface area (TPSA) is 71.5 Å². The van der Waals surface area contributed by atoms with Gasteiger partial charge in [-0.2, -0.15) is 0 Å². The van der Waals surface area contributed by atoms with E-state index in [4.69, 9.17) is 4.74 Å². The Kier molecular flexibility index (Phi) is 5.51. The molecule has 0 radical (unpaired) electrons. The Morgan fingerprint density at radius 2 is 2.00 bits per heavy atom. The van der Waals surface area contributed by atoms with Gasteiger partial charge in [-0.15, -0.1) is 0 Å². The summed E-state index contributed by atoms with van der Waals surface area (Å²) in [5.74, 6) is 0.885. The summed E-state index contributed by atoms with van der Waals surface area (Å²) in [7, 11) is 0. The Morgan fingerprint density at radius 1 is 1.23 bits per heavy atom. The first-order valence-corrected chi connectivity index (χ1v) is 8.81. The molecule has 0 bridgehead atoms. The van der Waals surface area contributed by atoms with Gasteiger partial charge in [0.15, 0.2) is 11.6 Å². The van der Waals surface area contributed by atoms with E-state index in [1.54, 1.807) is 18.3 Å². The summed E-state index contributed by atoms with van der Waals surface area (Å²) in [6.45, 7) is 4.71. The van der Waals surface area contributed by atoms with Crippen molar-refractivity contribution in [2.75, 3.05) is 18.0 Å². The molecule has 136 valence electrons. The molecule has 2 aromatic rings. The molecule has 26 heavy (non-hydrogen) atoms. The van der Waals surface area contributed by atoms with E-state index in [0.717, 1.165) is 12.0 Å². The molecule has 0 aliphatic carbocycles. The molecule has 1 N–H and O–H groups in total. The average Bonchev–Trinajstić information content (AvgIpc) is 2.64. The van der Waals surface area contributed by atoms with E-state index >= 15 is 0 Å².